The lowest BCUT2D eigenvalue weighted by Gasteiger charge is -2.18. The number of rotatable bonds is 7. The molecule has 0 amide bonds. The smallest absolute Gasteiger partial charge is 0.329 e. The summed E-state index contributed by atoms with van der Waals surface area (Å²) in [6.45, 7) is 5.13. The fourth-order valence-corrected chi connectivity index (χ4v) is 3.84. The number of carbonyl (C=O) groups excluding carboxylic acids is 1. The van der Waals surface area contributed by atoms with E-state index >= 15 is 0 Å². The lowest BCUT2D eigenvalue weighted by Crippen LogP contribution is -2.38. The van der Waals surface area contributed by atoms with Crippen LogP contribution in [-0.2, 0) is 13.0 Å². The van der Waals surface area contributed by atoms with Crippen LogP contribution in [0.2, 0.25) is 0 Å². The van der Waals surface area contributed by atoms with Crippen LogP contribution >= 0.6 is 0 Å². The Balaban J connectivity index is 2.24. The molecule has 33 heavy (non-hydrogen) atoms. The number of anilines is 1. The van der Waals surface area contributed by atoms with Crippen LogP contribution in [0.4, 0.5) is 10.2 Å². The standard InChI is InChI=1S/C24H24FN5O3/c1-13(2)20-21(22(31)17-8-14(3)7-15(9-17)5-4-6-26)30(24(33)29-23(20)32)12-16-10-18(25)28-19(27)11-16/h7-11,13H,4-5,12H2,1-3H3,(H2,27,28)(H,29,32,33). The van der Waals surface area contributed by atoms with Gasteiger partial charge in [0.2, 0.25) is 11.7 Å². The van der Waals surface area contributed by atoms with Gasteiger partial charge in [0.1, 0.15) is 11.5 Å². The van der Waals surface area contributed by atoms with E-state index < -0.39 is 23.0 Å². The van der Waals surface area contributed by atoms with Crippen molar-refractivity contribution in [3.63, 3.8) is 0 Å². The van der Waals surface area contributed by atoms with Crippen LogP contribution < -0.4 is 17.0 Å². The lowest BCUT2D eigenvalue weighted by molar-refractivity contribution is 0.102. The number of H-pyrrole nitrogens is 1. The molecule has 3 N–H and O–H groups in total. The molecule has 170 valence electrons. The minimum absolute atomic E-state index is 0.0635. The summed E-state index contributed by atoms with van der Waals surface area (Å²) in [4.78, 5) is 44.9. The van der Waals surface area contributed by atoms with Gasteiger partial charge < -0.3 is 5.73 Å². The highest BCUT2D eigenvalue weighted by Gasteiger charge is 2.25. The number of aryl methyl sites for hydroxylation is 2. The summed E-state index contributed by atoms with van der Waals surface area (Å²) >= 11 is 0. The van der Waals surface area contributed by atoms with E-state index in [0.29, 0.717) is 24.0 Å². The SMILES string of the molecule is Cc1cc(CCC#N)cc(C(=O)c2c(C(C)C)c(=O)[nH]c(=O)n2Cc2cc(N)nc(F)c2)c1. The summed E-state index contributed by atoms with van der Waals surface area (Å²) in [6.07, 6.45) is 0.756. The number of halogens is 1. The second-order valence-corrected chi connectivity index (χ2v) is 8.18. The van der Waals surface area contributed by atoms with Crippen LogP contribution in [0, 0.1) is 24.2 Å². The third-order valence-electron chi connectivity index (χ3n) is 5.17. The maximum atomic E-state index is 13.8. The molecule has 9 heteroatoms. The third kappa shape index (κ3) is 5.23. The van der Waals surface area contributed by atoms with Gasteiger partial charge in [-0.25, -0.2) is 9.78 Å². The number of hydrogen-bond donors (Lipinski definition) is 2. The molecule has 0 aliphatic carbocycles. The molecule has 3 aromatic rings. The molecule has 0 aliphatic heterocycles. The second kappa shape index (κ2) is 9.61. The molecule has 0 fully saturated rings. The van der Waals surface area contributed by atoms with E-state index in [1.807, 2.05) is 13.0 Å². The normalized spacial score (nSPS) is 10.9. The first-order chi connectivity index (χ1) is 15.6. The molecule has 0 radical (unpaired) electrons. The van der Waals surface area contributed by atoms with Crippen molar-refractivity contribution in [1.29, 1.82) is 5.26 Å². The van der Waals surface area contributed by atoms with Crippen molar-refractivity contribution in [3.8, 4) is 6.07 Å². The summed E-state index contributed by atoms with van der Waals surface area (Å²) in [7, 11) is 0. The molecular formula is C24H24FN5O3. The van der Waals surface area contributed by atoms with Crippen LogP contribution in [-0.4, -0.2) is 20.3 Å². The average molecular weight is 449 g/mol. The van der Waals surface area contributed by atoms with Gasteiger partial charge in [0, 0.05) is 17.5 Å². The molecule has 0 aliphatic rings. The Morgan fingerprint density at radius 2 is 1.94 bits per heavy atom. The maximum Gasteiger partial charge on any atom is 0.329 e. The molecule has 0 atom stereocenters. The van der Waals surface area contributed by atoms with Crippen molar-refractivity contribution in [2.45, 2.75) is 46.1 Å². The van der Waals surface area contributed by atoms with Gasteiger partial charge in [-0.15, -0.1) is 0 Å². The molecule has 0 bridgehead atoms. The molecule has 8 nitrogen and oxygen atoms in total. The summed E-state index contributed by atoms with van der Waals surface area (Å²) in [5.74, 6) is -1.77. The first-order valence-electron chi connectivity index (χ1n) is 10.4. The molecule has 2 aromatic heterocycles. The molecule has 0 spiro atoms. The van der Waals surface area contributed by atoms with Gasteiger partial charge >= 0.3 is 5.69 Å². The van der Waals surface area contributed by atoms with E-state index in [1.165, 1.54) is 6.07 Å². The first kappa shape index (κ1) is 23.6. The summed E-state index contributed by atoms with van der Waals surface area (Å²) in [6, 6.07) is 9.81. The van der Waals surface area contributed by atoms with Crippen molar-refractivity contribution in [2.75, 3.05) is 5.73 Å². The summed E-state index contributed by atoms with van der Waals surface area (Å²) < 4.78 is 14.9. The summed E-state index contributed by atoms with van der Waals surface area (Å²) in [5.41, 5.74) is 6.50. The Bertz CT molecular complexity index is 1360. The van der Waals surface area contributed by atoms with Crippen LogP contribution in [0.1, 0.15) is 64.5 Å². The third-order valence-corrected chi connectivity index (χ3v) is 5.17. The Hall–Kier alpha value is -4.06. The van der Waals surface area contributed by atoms with Crippen molar-refractivity contribution in [1.82, 2.24) is 14.5 Å². The van der Waals surface area contributed by atoms with Crippen molar-refractivity contribution in [2.24, 2.45) is 0 Å². The Kier molecular flexibility index (Phi) is 6.87. The number of benzene rings is 1. The molecule has 3 rings (SSSR count). The van der Waals surface area contributed by atoms with E-state index in [0.717, 1.165) is 21.8 Å². The zero-order valence-electron chi connectivity index (χ0n) is 18.6. The predicted octanol–water partition coefficient (Wildman–Crippen LogP) is 2.82. The number of nitrogens with zero attached hydrogens (tertiary/aromatic N) is 3. The number of nitrogens with one attached hydrogen (secondary N) is 1. The van der Waals surface area contributed by atoms with E-state index in [9.17, 15) is 18.8 Å². The number of carbonyl (C=O) groups is 1. The number of aromatic nitrogens is 3. The highest BCUT2D eigenvalue weighted by atomic mass is 19.1. The maximum absolute atomic E-state index is 13.8. The Morgan fingerprint density at radius 3 is 2.58 bits per heavy atom. The minimum Gasteiger partial charge on any atom is -0.384 e. The van der Waals surface area contributed by atoms with Gasteiger partial charge in [-0.3, -0.25) is 19.1 Å². The topological polar surface area (TPSA) is 135 Å². The van der Waals surface area contributed by atoms with Crippen LogP contribution in [0.5, 0.6) is 0 Å². The fourth-order valence-electron chi connectivity index (χ4n) is 3.84. The number of aromatic amines is 1. The number of nitrogen functional groups attached to an aromatic ring is 1. The van der Waals surface area contributed by atoms with Crippen molar-refractivity contribution in [3.05, 3.63) is 90.6 Å². The van der Waals surface area contributed by atoms with Crippen molar-refractivity contribution >= 4 is 11.6 Å². The van der Waals surface area contributed by atoms with E-state index in [1.54, 1.807) is 26.0 Å². The predicted molar refractivity (Wildman–Crippen MR) is 122 cm³/mol. The average Bonchev–Trinajstić information content (AvgIpc) is 2.72. The minimum atomic E-state index is -0.819. The monoisotopic (exact) mass is 449 g/mol. The number of nitriles is 1. The van der Waals surface area contributed by atoms with E-state index in [2.05, 4.69) is 16.0 Å². The van der Waals surface area contributed by atoms with Gasteiger partial charge in [0.25, 0.3) is 5.56 Å². The largest absolute Gasteiger partial charge is 0.384 e. The number of nitrogens with two attached hydrogens (primary N) is 1. The van der Waals surface area contributed by atoms with Gasteiger partial charge in [-0.05, 0) is 54.7 Å². The molecule has 1 aromatic carbocycles. The molecule has 0 saturated heterocycles. The zero-order valence-corrected chi connectivity index (χ0v) is 18.6. The quantitative estimate of drug-likeness (QED) is 0.421. The van der Waals surface area contributed by atoms with Crippen LogP contribution in [0.15, 0.2) is 39.9 Å². The highest BCUT2D eigenvalue weighted by Crippen LogP contribution is 2.21. The molecule has 2 heterocycles. The van der Waals surface area contributed by atoms with Crippen molar-refractivity contribution < 1.29 is 9.18 Å². The fraction of sp³-hybridized carbons (Fsp3) is 0.292. The van der Waals surface area contributed by atoms with Crippen LogP contribution in [0.25, 0.3) is 0 Å². The van der Waals surface area contributed by atoms with Gasteiger partial charge in [0.05, 0.1) is 12.6 Å². The number of ketones is 1. The van der Waals surface area contributed by atoms with Gasteiger partial charge in [0.15, 0.2) is 0 Å². The number of hydrogen-bond acceptors (Lipinski definition) is 6. The first-order valence-corrected chi connectivity index (χ1v) is 10.4. The lowest BCUT2D eigenvalue weighted by atomic mass is 9.94. The Morgan fingerprint density at radius 1 is 1.21 bits per heavy atom. The Labute approximate surface area is 189 Å². The second-order valence-electron chi connectivity index (χ2n) is 8.18. The number of pyridine rings is 1. The summed E-state index contributed by atoms with van der Waals surface area (Å²) in [5, 5.41) is 8.89. The molecule has 0 unspecified atom stereocenters. The van der Waals surface area contributed by atoms with Crippen LogP contribution in [0.3, 0.4) is 0 Å². The van der Waals surface area contributed by atoms with Gasteiger partial charge in [-0.1, -0.05) is 25.5 Å². The molecular weight excluding hydrogens is 425 g/mol. The van der Waals surface area contributed by atoms with E-state index in [-0.39, 0.29) is 29.5 Å². The highest BCUT2D eigenvalue weighted by molar-refractivity contribution is 6.09. The van der Waals surface area contributed by atoms with E-state index in [4.69, 9.17) is 11.0 Å². The zero-order chi connectivity index (χ0) is 24.3. The van der Waals surface area contributed by atoms with Gasteiger partial charge in [-0.2, -0.15) is 9.65 Å². The molecule has 0 saturated carbocycles.